The lowest BCUT2D eigenvalue weighted by Gasteiger charge is -2.07. The van der Waals surface area contributed by atoms with Gasteiger partial charge in [-0.2, -0.15) is 0 Å². The van der Waals surface area contributed by atoms with Crippen molar-refractivity contribution in [2.24, 2.45) is 0 Å². The van der Waals surface area contributed by atoms with Crippen LogP contribution < -0.4 is 5.32 Å². The number of nitrogens with zero attached hydrogens (tertiary/aromatic N) is 5. The van der Waals surface area contributed by atoms with Gasteiger partial charge in [0.15, 0.2) is 5.69 Å². The van der Waals surface area contributed by atoms with Gasteiger partial charge in [-0.05, 0) is 19.4 Å². The van der Waals surface area contributed by atoms with Crippen molar-refractivity contribution in [3.63, 3.8) is 0 Å². The number of hydrogen-bond acceptors (Lipinski definition) is 6. The number of rotatable bonds is 6. The summed E-state index contributed by atoms with van der Waals surface area (Å²) in [6.07, 6.45) is 2.36. The van der Waals surface area contributed by atoms with Gasteiger partial charge >= 0.3 is 0 Å². The normalized spacial score (nSPS) is 10.5. The van der Waals surface area contributed by atoms with Crippen molar-refractivity contribution in [2.75, 3.05) is 11.9 Å². The molecule has 0 aliphatic heterocycles. The van der Waals surface area contributed by atoms with E-state index in [4.69, 9.17) is 0 Å². The molecule has 2 aromatic rings. The lowest BCUT2D eigenvalue weighted by Crippen LogP contribution is -2.06. The number of nitrogens with one attached hydrogen (secondary N) is 1. The Morgan fingerprint density at radius 1 is 1.40 bits per heavy atom. The third-order valence-corrected chi connectivity index (χ3v) is 2.72. The molecular formula is C12H16N6O2. The molecule has 2 aromatic heterocycles. The molecule has 8 nitrogen and oxygen atoms in total. The largest absolute Gasteiger partial charge is 0.370 e. The summed E-state index contributed by atoms with van der Waals surface area (Å²) in [5.74, 6) is 0.595. The van der Waals surface area contributed by atoms with E-state index in [0.717, 1.165) is 6.42 Å². The Bertz CT molecular complexity index is 610. The van der Waals surface area contributed by atoms with Crippen LogP contribution in [0.25, 0.3) is 11.4 Å². The molecule has 2 rings (SSSR count). The number of pyridine rings is 1. The fraction of sp³-hybridized carbons (Fsp3) is 0.417. The Morgan fingerprint density at radius 3 is 2.85 bits per heavy atom. The summed E-state index contributed by atoms with van der Waals surface area (Å²) in [5, 5.41) is 22.0. The van der Waals surface area contributed by atoms with Crippen molar-refractivity contribution in [1.29, 1.82) is 0 Å². The molecule has 1 N–H and O–H groups in total. The highest BCUT2D eigenvalue weighted by atomic mass is 16.6. The quantitative estimate of drug-likeness (QED) is 0.640. The van der Waals surface area contributed by atoms with E-state index in [0.29, 0.717) is 24.6 Å². The van der Waals surface area contributed by atoms with Crippen LogP contribution >= 0.6 is 0 Å². The minimum atomic E-state index is -0.443. The minimum absolute atomic E-state index is 0.0497. The molecule has 0 fully saturated rings. The van der Waals surface area contributed by atoms with Crippen LogP contribution in [0.2, 0.25) is 0 Å². The predicted octanol–water partition coefficient (Wildman–Crippen LogP) is 2.09. The molecule has 0 saturated heterocycles. The standard InChI is InChI=1S/C12H16N6O2/c1-3-7-17-10(8-14-16-17)12-9(18(19)20)5-6-11(15-12)13-4-2/h5-6,8H,3-4,7H2,1-2H3,(H,13,15). The molecule has 0 radical (unpaired) electrons. The fourth-order valence-corrected chi connectivity index (χ4v) is 1.89. The van der Waals surface area contributed by atoms with Gasteiger partial charge in [0.2, 0.25) is 0 Å². The van der Waals surface area contributed by atoms with Crippen molar-refractivity contribution < 1.29 is 4.92 Å². The molecule has 2 heterocycles. The monoisotopic (exact) mass is 276 g/mol. The topological polar surface area (TPSA) is 98.8 Å². The zero-order valence-electron chi connectivity index (χ0n) is 11.4. The van der Waals surface area contributed by atoms with Crippen molar-refractivity contribution in [3.05, 3.63) is 28.4 Å². The Balaban J connectivity index is 2.53. The Morgan fingerprint density at radius 2 is 2.20 bits per heavy atom. The number of hydrogen-bond donors (Lipinski definition) is 1. The lowest BCUT2D eigenvalue weighted by molar-refractivity contribution is -0.384. The van der Waals surface area contributed by atoms with Crippen LogP contribution in [0.1, 0.15) is 20.3 Å². The smallest absolute Gasteiger partial charge is 0.297 e. The molecule has 0 bridgehead atoms. The van der Waals surface area contributed by atoms with Crippen LogP contribution in [0.5, 0.6) is 0 Å². The van der Waals surface area contributed by atoms with Crippen LogP contribution in [0.3, 0.4) is 0 Å². The number of anilines is 1. The van der Waals surface area contributed by atoms with Crippen molar-refractivity contribution in [3.8, 4) is 11.4 Å². The third kappa shape index (κ3) is 2.73. The van der Waals surface area contributed by atoms with Gasteiger partial charge in [0.25, 0.3) is 5.69 Å². The maximum Gasteiger partial charge on any atom is 0.297 e. The summed E-state index contributed by atoms with van der Waals surface area (Å²) in [4.78, 5) is 15.0. The van der Waals surface area contributed by atoms with Gasteiger partial charge in [-0.25, -0.2) is 9.67 Å². The molecular weight excluding hydrogens is 260 g/mol. The molecule has 0 aromatic carbocycles. The minimum Gasteiger partial charge on any atom is -0.370 e. The number of nitro groups is 1. The van der Waals surface area contributed by atoms with Crippen LogP contribution in [0.4, 0.5) is 11.5 Å². The molecule has 0 amide bonds. The van der Waals surface area contributed by atoms with Crippen LogP contribution in [0.15, 0.2) is 18.3 Å². The maximum absolute atomic E-state index is 11.2. The van der Waals surface area contributed by atoms with E-state index in [9.17, 15) is 10.1 Å². The Hall–Kier alpha value is -2.51. The first-order valence-corrected chi connectivity index (χ1v) is 6.45. The molecule has 0 saturated carbocycles. The summed E-state index contributed by atoms with van der Waals surface area (Å²) in [7, 11) is 0. The summed E-state index contributed by atoms with van der Waals surface area (Å²) < 4.78 is 1.63. The summed E-state index contributed by atoms with van der Waals surface area (Å²) in [6, 6.07) is 3.04. The van der Waals surface area contributed by atoms with Crippen LogP contribution in [-0.2, 0) is 6.54 Å². The van der Waals surface area contributed by atoms with E-state index in [2.05, 4.69) is 20.6 Å². The highest BCUT2D eigenvalue weighted by Crippen LogP contribution is 2.28. The van der Waals surface area contributed by atoms with Gasteiger partial charge in [-0.15, -0.1) is 5.10 Å². The van der Waals surface area contributed by atoms with E-state index in [1.54, 1.807) is 10.7 Å². The van der Waals surface area contributed by atoms with Gasteiger partial charge < -0.3 is 5.32 Å². The predicted molar refractivity (Wildman–Crippen MR) is 74.4 cm³/mol. The van der Waals surface area contributed by atoms with Crippen molar-refractivity contribution in [2.45, 2.75) is 26.8 Å². The molecule has 0 spiro atoms. The molecule has 20 heavy (non-hydrogen) atoms. The van der Waals surface area contributed by atoms with Gasteiger partial charge in [-0.3, -0.25) is 10.1 Å². The zero-order valence-corrected chi connectivity index (χ0v) is 11.4. The van der Waals surface area contributed by atoms with Gasteiger partial charge in [0.05, 0.1) is 11.1 Å². The second-order valence-electron chi connectivity index (χ2n) is 4.19. The lowest BCUT2D eigenvalue weighted by atomic mass is 10.2. The summed E-state index contributed by atoms with van der Waals surface area (Å²) >= 11 is 0. The second-order valence-corrected chi connectivity index (χ2v) is 4.19. The van der Waals surface area contributed by atoms with Gasteiger partial charge in [0, 0.05) is 19.2 Å². The van der Waals surface area contributed by atoms with Crippen molar-refractivity contribution in [1.82, 2.24) is 20.0 Å². The molecule has 0 aliphatic carbocycles. The van der Waals surface area contributed by atoms with Gasteiger partial charge in [0.1, 0.15) is 11.5 Å². The summed E-state index contributed by atoms with van der Waals surface area (Å²) in [6.45, 7) is 5.27. The summed E-state index contributed by atoms with van der Waals surface area (Å²) in [5.41, 5.74) is 0.788. The highest BCUT2D eigenvalue weighted by Gasteiger charge is 2.21. The zero-order chi connectivity index (χ0) is 14.5. The average Bonchev–Trinajstić information content (AvgIpc) is 2.87. The average molecular weight is 276 g/mol. The van der Waals surface area contributed by atoms with Crippen LogP contribution in [0, 0.1) is 10.1 Å². The number of aryl methyl sites for hydroxylation is 1. The van der Waals surface area contributed by atoms with E-state index in [1.807, 2.05) is 13.8 Å². The Labute approximate surface area is 116 Å². The SMILES string of the molecule is CCCn1nncc1-c1nc(NCC)ccc1[N+](=O)[O-]. The molecule has 0 aliphatic rings. The first-order valence-electron chi connectivity index (χ1n) is 6.45. The fourth-order valence-electron chi connectivity index (χ4n) is 1.89. The molecule has 8 heteroatoms. The highest BCUT2D eigenvalue weighted by molar-refractivity contribution is 5.68. The molecule has 0 unspecified atom stereocenters. The van der Waals surface area contributed by atoms with Crippen LogP contribution in [-0.4, -0.2) is 31.4 Å². The number of aromatic nitrogens is 4. The van der Waals surface area contributed by atoms with Crippen molar-refractivity contribution >= 4 is 11.5 Å². The van der Waals surface area contributed by atoms with E-state index < -0.39 is 4.92 Å². The molecule has 0 atom stereocenters. The van der Waals surface area contributed by atoms with E-state index in [-0.39, 0.29) is 11.4 Å². The maximum atomic E-state index is 11.2. The first kappa shape index (κ1) is 13.9. The molecule has 106 valence electrons. The van der Waals surface area contributed by atoms with E-state index >= 15 is 0 Å². The first-order chi connectivity index (χ1) is 9.67. The Kier molecular flexibility index (Phi) is 4.24. The van der Waals surface area contributed by atoms with Gasteiger partial charge in [-0.1, -0.05) is 12.1 Å². The third-order valence-electron chi connectivity index (χ3n) is 2.72. The second kappa shape index (κ2) is 6.09. The van der Waals surface area contributed by atoms with E-state index in [1.165, 1.54) is 12.3 Å².